The van der Waals surface area contributed by atoms with Gasteiger partial charge in [-0.25, -0.2) is 0 Å². The highest BCUT2D eigenvalue weighted by Crippen LogP contribution is 2.20. The molecule has 0 saturated heterocycles. The van der Waals surface area contributed by atoms with Gasteiger partial charge in [0.1, 0.15) is 0 Å². The molecular weight excluding hydrogens is 302 g/mol. The van der Waals surface area contributed by atoms with Gasteiger partial charge in [0.15, 0.2) is 5.11 Å². The maximum absolute atomic E-state index is 11.7. The normalized spacial score (nSPS) is 10.0. The second-order valence-corrected chi connectivity index (χ2v) is 5.08. The molecule has 2 rings (SSSR count). The van der Waals surface area contributed by atoms with Crippen LogP contribution in [0.1, 0.15) is 11.1 Å². The first kappa shape index (κ1) is 15.7. The minimum atomic E-state index is -0.535. The highest BCUT2D eigenvalue weighted by Gasteiger charge is 2.07. The monoisotopic (exact) mass is 316 g/mol. The Bertz CT molecular complexity index is 719. The number of non-ortho nitro benzene ring substituents is 1. The number of nitrogens with zero attached hydrogens (tertiary/aromatic N) is 1. The van der Waals surface area contributed by atoms with Crippen molar-refractivity contribution < 1.29 is 10.0 Å². The lowest BCUT2D eigenvalue weighted by molar-refractivity contribution is -0.385. The number of hydrogen-bond donors (Lipinski definition) is 2. The third kappa shape index (κ3) is 3.92. The average Bonchev–Trinajstić information content (AvgIpc) is 2.48. The van der Waals surface area contributed by atoms with Crippen molar-refractivity contribution in [1.29, 1.82) is 0 Å². The highest BCUT2D eigenvalue weighted by molar-refractivity contribution is 7.80. The summed E-state index contributed by atoms with van der Waals surface area (Å²) >= 11 is 5.16. The van der Waals surface area contributed by atoms with Gasteiger partial charge in [-0.1, -0.05) is 24.3 Å². The predicted octanol–water partition coefficient (Wildman–Crippen LogP) is 2.46. The molecule has 0 atom stereocenters. The largest absolute Gasteiger partial charge is 0.872 e. The maximum Gasteiger partial charge on any atom is 0.269 e. The molecule has 2 aromatic rings. The Morgan fingerprint density at radius 1 is 1.27 bits per heavy atom. The first-order valence-corrected chi connectivity index (χ1v) is 6.93. The molecule has 0 amide bonds. The molecule has 114 valence electrons. The number of hydrogen-bond acceptors (Lipinski definition) is 4. The van der Waals surface area contributed by atoms with E-state index < -0.39 is 4.92 Å². The number of nitro groups is 1. The number of rotatable bonds is 4. The Balaban J connectivity index is 2.01. The summed E-state index contributed by atoms with van der Waals surface area (Å²) < 4.78 is 0. The van der Waals surface area contributed by atoms with Gasteiger partial charge in [0.05, 0.1) is 4.92 Å². The van der Waals surface area contributed by atoms with E-state index in [0.29, 0.717) is 10.7 Å². The fourth-order valence-corrected chi connectivity index (χ4v) is 2.05. The van der Waals surface area contributed by atoms with Crippen molar-refractivity contribution in [1.82, 2.24) is 5.32 Å². The summed E-state index contributed by atoms with van der Waals surface area (Å²) in [4.78, 5) is 10.2. The van der Waals surface area contributed by atoms with E-state index >= 15 is 0 Å². The lowest BCUT2D eigenvalue weighted by atomic mass is 10.2. The Kier molecular flexibility index (Phi) is 4.90. The molecule has 0 unspecified atom stereocenters. The summed E-state index contributed by atoms with van der Waals surface area (Å²) in [5, 5.41) is 28.7. The smallest absolute Gasteiger partial charge is 0.269 e. The molecule has 2 N–H and O–H groups in total. The quantitative estimate of drug-likeness (QED) is 0.511. The molecule has 7 heteroatoms. The number of para-hydroxylation sites is 1. The van der Waals surface area contributed by atoms with Crippen molar-refractivity contribution in [2.24, 2.45) is 0 Å². The molecule has 2 aromatic carbocycles. The first-order chi connectivity index (χ1) is 10.5. The number of aryl methyl sites for hydroxylation is 1. The van der Waals surface area contributed by atoms with E-state index in [1.807, 2.05) is 31.2 Å². The number of thiocarbonyl (C=S) groups is 1. The molecule has 0 bridgehead atoms. The minimum Gasteiger partial charge on any atom is -0.872 e. The zero-order chi connectivity index (χ0) is 16.1. The number of anilines is 1. The van der Waals surface area contributed by atoms with E-state index in [4.69, 9.17) is 12.2 Å². The standard InChI is InChI=1S/C15H15N3O3S/c1-10-4-2-3-5-13(10)17-15(22)16-9-11-8-12(18(20)21)6-7-14(11)19/h2-8,19H,9H2,1H3,(H2,16,17,22)/p-1. The van der Waals surface area contributed by atoms with Crippen molar-refractivity contribution >= 4 is 28.7 Å². The van der Waals surface area contributed by atoms with Crippen molar-refractivity contribution in [3.8, 4) is 5.75 Å². The van der Waals surface area contributed by atoms with Gasteiger partial charge in [0.25, 0.3) is 5.69 Å². The Hall–Kier alpha value is -2.67. The molecule has 0 aromatic heterocycles. The van der Waals surface area contributed by atoms with E-state index in [-0.39, 0.29) is 18.0 Å². The zero-order valence-electron chi connectivity index (χ0n) is 11.8. The van der Waals surface area contributed by atoms with Crippen LogP contribution < -0.4 is 15.7 Å². The van der Waals surface area contributed by atoms with Crippen LogP contribution in [0.5, 0.6) is 5.75 Å². The lowest BCUT2D eigenvalue weighted by Crippen LogP contribution is -2.28. The second kappa shape index (κ2) is 6.86. The van der Waals surface area contributed by atoms with Crippen LogP contribution in [0.15, 0.2) is 42.5 Å². The first-order valence-electron chi connectivity index (χ1n) is 6.52. The minimum absolute atomic E-state index is 0.116. The van der Waals surface area contributed by atoms with Gasteiger partial charge in [-0.15, -0.1) is 5.75 Å². The van der Waals surface area contributed by atoms with Gasteiger partial charge < -0.3 is 15.7 Å². The van der Waals surface area contributed by atoms with Gasteiger partial charge >= 0.3 is 0 Å². The molecule has 0 heterocycles. The Morgan fingerprint density at radius 2 is 2.00 bits per heavy atom. The molecule has 0 saturated carbocycles. The second-order valence-electron chi connectivity index (χ2n) is 4.67. The molecular formula is C15H14N3O3S-. The van der Waals surface area contributed by atoms with Gasteiger partial charge in [-0.05, 0) is 36.3 Å². The average molecular weight is 316 g/mol. The summed E-state index contributed by atoms with van der Waals surface area (Å²) in [7, 11) is 0. The number of nitrogens with one attached hydrogen (secondary N) is 2. The van der Waals surface area contributed by atoms with Gasteiger partial charge in [-0.3, -0.25) is 10.1 Å². The van der Waals surface area contributed by atoms with Gasteiger partial charge in [0.2, 0.25) is 0 Å². The molecule has 0 aliphatic rings. The Labute approximate surface area is 132 Å². The third-order valence-electron chi connectivity index (χ3n) is 3.09. The van der Waals surface area contributed by atoms with Gasteiger partial charge in [0, 0.05) is 24.4 Å². The topological polar surface area (TPSA) is 90.3 Å². The molecule has 0 radical (unpaired) electrons. The van der Waals surface area contributed by atoms with Crippen LogP contribution in [0.4, 0.5) is 11.4 Å². The molecule has 22 heavy (non-hydrogen) atoms. The summed E-state index contributed by atoms with van der Waals surface area (Å²) in [6.07, 6.45) is 0. The van der Waals surface area contributed by atoms with Crippen LogP contribution in [0.3, 0.4) is 0 Å². The van der Waals surface area contributed by atoms with Crippen molar-refractivity contribution in [2.75, 3.05) is 5.32 Å². The predicted molar refractivity (Wildman–Crippen MR) is 86.8 cm³/mol. The molecule has 0 fully saturated rings. The van der Waals surface area contributed by atoms with E-state index in [1.54, 1.807) is 0 Å². The van der Waals surface area contributed by atoms with Crippen molar-refractivity contribution in [2.45, 2.75) is 13.5 Å². The van der Waals surface area contributed by atoms with Crippen LogP contribution in [0.2, 0.25) is 0 Å². The van der Waals surface area contributed by atoms with E-state index in [2.05, 4.69) is 10.6 Å². The zero-order valence-corrected chi connectivity index (χ0v) is 12.6. The van der Waals surface area contributed by atoms with Crippen LogP contribution >= 0.6 is 12.2 Å². The van der Waals surface area contributed by atoms with Gasteiger partial charge in [-0.2, -0.15) is 0 Å². The summed E-state index contributed by atoms with van der Waals surface area (Å²) in [5.74, 6) is -0.267. The molecule has 6 nitrogen and oxygen atoms in total. The van der Waals surface area contributed by atoms with Crippen molar-refractivity contribution in [3.63, 3.8) is 0 Å². The van der Waals surface area contributed by atoms with E-state index in [9.17, 15) is 15.2 Å². The SMILES string of the molecule is Cc1ccccc1NC(=S)NCc1cc([N+](=O)[O-])ccc1[O-]. The summed E-state index contributed by atoms with van der Waals surface area (Å²) in [6.45, 7) is 2.07. The fourth-order valence-electron chi connectivity index (χ4n) is 1.87. The summed E-state index contributed by atoms with van der Waals surface area (Å²) in [5.41, 5.74) is 2.07. The molecule has 0 aliphatic heterocycles. The lowest BCUT2D eigenvalue weighted by Gasteiger charge is -2.16. The molecule has 0 spiro atoms. The van der Waals surface area contributed by atoms with E-state index in [1.165, 1.54) is 18.2 Å². The Morgan fingerprint density at radius 3 is 2.68 bits per heavy atom. The highest BCUT2D eigenvalue weighted by atomic mass is 32.1. The maximum atomic E-state index is 11.7. The van der Waals surface area contributed by atoms with Crippen LogP contribution in [-0.4, -0.2) is 10.0 Å². The fraction of sp³-hybridized carbons (Fsp3) is 0.133. The molecule has 0 aliphatic carbocycles. The summed E-state index contributed by atoms with van der Waals surface area (Å²) in [6, 6.07) is 11.3. The van der Waals surface area contributed by atoms with Crippen LogP contribution in [-0.2, 0) is 6.54 Å². The van der Waals surface area contributed by atoms with Crippen molar-refractivity contribution in [3.05, 3.63) is 63.7 Å². The number of nitro benzene ring substituents is 1. The number of benzene rings is 2. The third-order valence-corrected chi connectivity index (χ3v) is 3.33. The van der Waals surface area contributed by atoms with E-state index in [0.717, 1.165) is 11.3 Å². The van der Waals surface area contributed by atoms with Crippen LogP contribution in [0.25, 0.3) is 0 Å². The van der Waals surface area contributed by atoms with Crippen LogP contribution in [0, 0.1) is 17.0 Å².